The Hall–Kier alpha value is -0.335. The third kappa shape index (κ3) is 5.39. The SMILES string of the molecule is CC(Cc1ccc(CCl)cc1)Cc1ccc([C](C)(C)[Hg])cc1. The van der Waals surface area contributed by atoms with Gasteiger partial charge in [-0.1, -0.05) is 0 Å². The minimum atomic E-state index is 0.425. The Kier molecular flexibility index (Phi) is 6.52. The van der Waals surface area contributed by atoms with Crippen LogP contribution in [-0.4, -0.2) is 0 Å². The van der Waals surface area contributed by atoms with E-state index in [4.69, 9.17) is 11.6 Å². The van der Waals surface area contributed by atoms with Crippen molar-refractivity contribution in [1.82, 2.24) is 0 Å². The molecule has 0 aromatic heterocycles. The molecule has 0 aliphatic carbocycles. The van der Waals surface area contributed by atoms with Gasteiger partial charge in [0.05, 0.1) is 0 Å². The van der Waals surface area contributed by atoms with E-state index in [0.29, 0.717) is 14.7 Å². The number of hydrogen-bond acceptors (Lipinski definition) is 0. The van der Waals surface area contributed by atoms with Crippen molar-refractivity contribution in [3.05, 3.63) is 70.8 Å². The number of alkyl halides is 1. The van der Waals surface area contributed by atoms with Gasteiger partial charge in [-0.3, -0.25) is 0 Å². The molecule has 0 amide bonds. The predicted molar refractivity (Wildman–Crippen MR) is 92.0 cm³/mol. The van der Waals surface area contributed by atoms with Gasteiger partial charge in [-0.05, 0) is 0 Å². The second-order valence-electron chi connectivity index (χ2n) is 7.04. The van der Waals surface area contributed by atoms with E-state index >= 15 is 0 Å². The van der Waals surface area contributed by atoms with Crippen LogP contribution < -0.4 is 0 Å². The van der Waals surface area contributed by atoms with Gasteiger partial charge in [-0.15, -0.1) is 11.6 Å². The first-order chi connectivity index (χ1) is 10.4. The second-order valence-corrected chi connectivity index (χ2v) is 14.2. The Labute approximate surface area is 156 Å². The van der Waals surface area contributed by atoms with Crippen LogP contribution in [0.1, 0.15) is 43.0 Å². The zero-order valence-electron chi connectivity index (χ0n) is 13.9. The van der Waals surface area contributed by atoms with Crippen LogP contribution in [0, 0.1) is 5.92 Å². The first-order valence-corrected chi connectivity index (χ1v) is 11.3. The summed E-state index contributed by atoms with van der Waals surface area (Å²) in [7, 11) is 0. The van der Waals surface area contributed by atoms with Gasteiger partial charge in [0.25, 0.3) is 0 Å². The van der Waals surface area contributed by atoms with Crippen molar-refractivity contribution in [2.75, 3.05) is 0 Å². The Morgan fingerprint density at radius 2 is 1.27 bits per heavy atom. The third-order valence-corrected chi connectivity index (χ3v) is 5.98. The van der Waals surface area contributed by atoms with E-state index in [-0.39, 0.29) is 0 Å². The zero-order valence-corrected chi connectivity index (χ0v) is 20.2. The van der Waals surface area contributed by atoms with Gasteiger partial charge in [0.2, 0.25) is 0 Å². The van der Waals surface area contributed by atoms with Crippen LogP contribution in [0.25, 0.3) is 0 Å². The average Bonchev–Trinajstić information content (AvgIpc) is 2.47. The first-order valence-electron chi connectivity index (χ1n) is 7.97. The van der Waals surface area contributed by atoms with Crippen LogP contribution in [0.4, 0.5) is 0 Å². The van der Waals surface area contributed by atoms with E-state index in [1.165, 1.54) is 22.3 Å². The van der Waals surface area contributed by atoms with Crippen LogP contribution >= 0.6 is 11.6 Å². The topological polar surface area (TPSA) is 0 Å². The van der Waals surface area contributed by atoms with E-state index in [1.54, 1.807) is 0 Å². The maximum atomic E-state index is 5.84. The third-order valence-electron chi connectivity index (χ3n) is 4.08. The van der Waals surface area contributed by atoms with Crippen LogP contribution in [0.15, 0.2) is 48.5 Å². The van der Waals surface area contributed by atoms with Crippen molar-refractivity contribution >= 4 is 11.6 Å². The summed E-state index contributed by atoms with van der Waals surface area (Å²) in [4.78, 5) is 0. The zero-order chi connectivity index (χ0) is 16.2. The van der Waals surface area contributed by atoms with Crippen molar-refractivity contribution in [1.29, 1.82) is 0 Å². The molecular weight excluding hydrogens is 476 g/mol. The molecule has 2 rings (SSSR count). The van der Waals surface area contributed by atoms with E-state index in [0.717, 1.165) is 39.0 Å². The summed E-state index contributed by atoms with van der Waals surface area (Å²) < 4.78 is 0.425. The van der Waals surface area contributed by atoms with Gasteiger partial charge in [0, 0.05) is 5.88 Å². The molecule has 0 radical (unpaired) electrons. The van der Waals surface area contributed by atoms with E-state index in [9.17, 15) is 0 Å². The monoisotopic (exact) mass is 501 g/mol. The molecule has 2 aromatic carbocycles. The van der Waals surface area contributed by atoms with Crippen molar-refractivity contribution in [3.8, 4) is 0 Å². The summed E-state index contributed by atoms with van der Waals surface area (Å²) >= 11 is 6.60. The molecular formula is C20H24ClHg. The number of rotatable bonds is 6. The second kappa shape index (κ2) is 7.97. The van der Waals surface area contributed by atoms with Crippen molar-refractivity contribution < 1.29 is 26.1 Å². The molecule has 0 aliphatic heterocycles. The molecule has 2 heteroatoms. The van der Waals surface area contributed by atoms with Crippen LogP contribution in [0.3, 0.4) is 0 Å². The molecule has 0 heterocycles. The quantitative estimate of drug-likeness (QED) is 0.357. The average molecular weight is 500 g/mol. The van der Waals surface area contributed by atoms with Crippen molar-refractivity contribution in [3.63, 3.8) is 0 Å². The van der Waals surface area contributed by atoms with Gasteiger partial charge in [-0.2, -0.15) is 0 Å². The normalized spacial score (nSPS) is 13.2. The van der Waals surface area contributed by atoms with Gasteiger partial charge in [0.15, 0.2) is 0 Å². The molecule has 1 unspecified atom stereocenters. The van der Waals surface area contributed by atoms with E-state index in [2.05, 4.69) is 69.3 Å². The fourth-order valence-electron chi connectivity index (χ4n) is 2.73. The maximum absolute atomic E-state index is 5.84. The summed E-state index contributed by atoms with van der Waals surface area (Å²) in [5.74, 6) is 1.25. The molecule has 0 aliphatic rings. The molecule has 0 fully saturated rings. The summed E-state index contributed by atoms with van der Waals surface area (Å²) in [6.07, 6.45) is 2.27. The molecule has 1 atom stereocenters. The molecule has 0 bridgehead atoms. The Balaban J connectivity index is 1.95. The van der Waals surface area contributed by atoms with Crippen molar-refractivity contribution in [2.24, 2.45) is 5.92 Å². The molecule has 0 nitrogen and oxygen atoms in total. The van der Waals surface area contributed by atoms with E-state index < -0.39 is 0 Å². The summed E-state index contributed by atoms with van der Waals surface area (Å²) in [6.45, 7) is 7.03. The van der Waals surface area contributed by atoms with Gasteiger partial charge in [0.1, 0.15) is 0 Å². The van der Waals surface area contributed by atoms with Crippen LogP contribution in [0.5, 0.6) is 0 Å². The standard InChI is InChI=1S/C20H24Cl.Hg/c1-15(2)20-10-8-18(9-11-20)13-16(3)12-17-4-6-19(14-21)7-5-17;/h4-11,16H,12-14H2,1-3H3;. The fourth-order valence-corrected chi connectivity index (χ4v) is 3.83. The Bertz CT molecular complexity index is 579. The molecule has 0 spiro atoms. The van der Waals surface area contributed by atoms with Gasteiger partial charge in [-0.25, -0.2) is 0 Å². The Morgan fingerprint density at radius 1 is 0.864 bits per heavy atom. The summed E-state index contributed by atoms with van der Waals surface area (Å²) in [5, 5.41) is 0. The molecule has 0 N–H and O–H groups in total. The minimum absolute atomic E-state index is 0.425. The van der Waals surface area contributed by atoms with Gasteiger partial charge >= 0.3 is 139 Å². The number of benzene rings is 2. The first kappa shape index (κ1) is 18.0. The molecule has 113 valence electrons. The molecule has 0 saturated carbocycles. The number of halogens is 1. The Morgan fingerprint density at radius 3 is 1.68 bits per heavy atom. The molecule has 2 aromatic rings. The summed E-state index contributed by atoms with van der Waals surface area (Å²) in [6, 6.07) is 18.0. The van der Waals surface area contributed by atoms with E-state index in [1.807, 2.05) is 0 Å². The van der Waals surface area contributed by atoms with Crippen molar-refractivity contribution in [2.45, 2.75) is 42.4 Å². The molecule has 0 saturated heterocycles. The predicted octanol–water partition coefficient (Wildman–Crippen LogP) is 5.63. The van der Waals surface area contributed by atoms with Crippen LogP contribution in [0.2, 0.25) is 0 Å². The van der Waals surface area contributed by atoms with Gasteiger partial charge < -0.3 is 0 Å². The summed E-state index contributed by atoms with van der Waals surface area (Å²) in [5.41, 5.74) is 5.54. The number of hydrogen-bond donors (Lipinski definition) is 0. The fraction of sp³-hybridized carbons (Fsp3) is 0.400. The molecule has 22 heavy (non-hydrogen) atoms. The van der Waals surface area contributed by atoms with Crippen LogP contribution in [-0.2, 0) is 47.8 Å².